The summed E-state index contributed by atoms with van der Waals surface area (Å²) in [5.74, 6) is 5.32. The van der Waals surface area contributed by atoms with Crippen LogP contribution >= 0.6 is 46.9 Å². The third-order valence-corrected chi connectivity index (χ3v) is 7.36. The fourth-order valence-corrected chi connectivity index (χ4v) is 6.15. The van der Waals surface area contributed by atoms with E-state index in [2.05, 4.69) is 11.9 Å². The summed E-state index contributed by atoms with van der Waals surface area (Å²) in [7, 11) is 0. The average Bonchev–Trinajstić information content (AvgIpc) is 2.78. The zero-order valence-corrected chi connectivity index (χ0v) is 12.7. The van der Waals surface area contributed by atoms with Gasteiger partial charge in [-0.05, 0) is 0 Å². The Morgan fingerprint density at radius 3 is 2.82 bits per heavy atom. The predicted octanol–water partition coefficient (Wildman–Crippen LogP) is 3.79. The largest absolute Gasteiger partial charge is 0.235 e. The van der Waals surface area contributed by atoms with Gasteiger partial charge in [0.15, 0.2) is 0 Å². The first-order chi connectivity index (χ1) is 8.25. The Kier molecular flexibility index (Phi) is 3.80. The topological polar surface area (TPSA) is 25.8 Å². The molecule has 0 radical (unpaired) electrons. The highest BCUT2D eigenvalue weighted by Crippen LogP contribution is 2.42. The van der Waals surface area contributed by atoms with Crippen LogP contribution in [-0.2, 0) is 11.5 Å². The summed E-state index contributed by atoms with van der Waals surface area (Å²) < 4.78 is 0. The van der Waals surface area contributed by atoms with Crippen LogP contribution in [0.25, 0.3) is 0 Å². The molecule has 0 spiro atoms. The van der Waals surface area contributed by atoms with Gasteiger partial charge in [0.1, 0.15) is 11.0 Å². The number of thioether (sulfide) groups is 3. The molecule has 1 saturated heterocycles. The Morgan fingerprint density at radius 1 is 1.18 bits per heavy atom. The molecule has 0 N–H and O–H groups in total. The molecule has 0 saturated carbocycles. The van der Waals surface area contributed by atoms with Gasteiger partial charge in [-0.2, -0.15) is 23.5 Å². The van der Waals surface area contributed by atoms with Gasteiger partial charge in [-0.15, -0.1) is 11.8 Å². The van der Waals surface area contributed by atoms with Crippen molar-refractivity contribution < 1.29 is 0 Å². The van der Waals surface area contributed by atoms with Gasteiger partial charge < -0.3 is 0 Å². The highest BCUT2D eigenvalue weighted by molar-refractivity contribution is 8.06. The van der Waals surface area contributed by atoms with Gasteiger partial charge in [-0.3, -0.25) is 0 Å². The molecule has 92 valence electrons. The van der Waals surface area contributed by atoms with E-state index in [0.717, 1.165) is 28.6 Å². The van der Waals surface area contributed by atoms with Crippen LogP contribution in [0.1, 0.15) is 29.3 Å². The molecule has 2 nitrogen and oxygen atoms in total. The minimum Gasteiger partial charge on any atom is -0.235 e. The van der Waals surface area contributed by atoms with Gasteiger partial charge in [-0.1, -0.05) is 18.5 Å². The van der Waals surface area contributed by atoms with E-state index >= 15 is 0 Å². The maximum atomic E-state index is 6.26. The van der Waals surface area contributed by atoms with Gasteiger partial charge in [0.2, 0.25) is 0 Å². The molecule has 0 aliphatic carbocycles. The predicted molar refractivity (Wildman–Crippen MR) is 79.2 cm³/mol. The standard InChI is InChI=1S/C11H13ClN2S3/c1-6-9(17-3-2-16-6)11-13-8-5-15-4-7(8)10(12)14-11/h6,9H,2-5H2,1H3. The van der Waals surface area contributed by atoms with E-state index < -0.39 is 0 Å². The van der Waals surface area contributed by atoms with Crippen molar-refractivity contribution in [2.75, 3.05) is 11.5 Å². The molecule has 1 aromatic rings. The molecule has 0 bridgehead atoms. The normalized spacial score (nSPS) is 28.1. The summed E-state index contributed by atoms with van der Waals surface area (Å²) in [6.07, 6.45) is 0. The van der Waals surface area contributed by atoms with Crippen LogP contribution in [0.2, 0.25) is 5.15 Å². The number of aromatic nitrogens is 2. The Hall–Kier alpha value is 0.420. The van der Waals surface area contributed by atoms with Gasteiger partial charge in [0, 0.05) is 33.8 Å². The van der Waals surface area contributed by atoms with Crippen molar-refractivity contribution in [1.29, 1.82) is 0 Å². The number of hydrogen-bond acceptors (Lipinski definition) is 5. The molecule has 2 aliphatic heterocycles. The minimum atomic E-state index is 0.405. The zero-order valence-electron chi connectivity index (χ0n) is 9.48. The van der Waals surface area contributed by atoms with E-state index in [9.17, 15) is 0 Å². The highest BCUT2D eigenvalue weighted by atomic mass is 35.5. The lowest BCUT2D eigenvalue weighted by atomic mass is 10.2. The van der Waals surface area contributed by atoms with Gasteiger partial charge >= 0.3 is 0 Å². The first-order valence-corrected chi connectivity index (χ1v) is 9.25. The van der Waals surface area contributed by atoms with Gasteiger partial charge in [0.25, 0.3) is 0 Å². The molecular weight excluding hydrogens is 292 g/mol. The number of fused-ring (bicyclic) bond motifs is 1. The number of nitrogens with zero attached hydrogens (tertiary/aromatic N) is 2. The van der Waals surface area contributed by atoms with E-state index in [4.69, 9.17) is 16.6 Å². The highest BCUT2D eigenvalue weighted by Gasteiger charge is 2.29. The third-order valence-electron chi connectivity index (χ3n) is 2.99. The molecule has 3 rings (SSSR count). The number of rotatable bonds is 1. The van der Waals surface area contributed by atoms with Crippen LogP contribution in [-0.4, -0.2) is 26.7 Å². The van der Waals surface area contributed by atoms with Crippen molar-refractivity contribution in [1.82, 2.24) is 9.97 Å². The molecule has 3 heterocycles. The number of halogens is 1. The second-order valence-electron chi connectivity index (χ2n) is 4.16. The summed E-state index contributed by atoms with van der Waals surface area (Å²) in [5.41, 5.74) is 2.31. The molecule has 2 unspecified atom stereocenters. The SMILES string of the molecule is CC1SCCSC1c1nc(Cl)c2c(n1)CSC2. The molecule has 1 fully saturated rings. The molecular formula is C11H13ClN2S3. The molecule has 17 heavy (non-hydrogen) atoms. The summed E-state index contributed by atoms with van der Waals surface area (Å²) >= 11 is 12.1. The second-order valence-corrected chi connectivity index (χ2v) is 8.24. The molecule has 2 aliphatic rings. The Balaban J connectivity index is 1.95. The van der Waals surface area contributed by atoms with Crippen LogP contribution in [0.4, 0.5) is 0 Å². The maximum Gasteiger partial charge on any atom is 0.144 e. The Morgan fingerprint density at radius 2 is 2.00 bits per heavy atom. The first-order valence-electron chi connectivity index (χ1n) is 5.62. The third kappa shape index (κ3) is 2.44. The molecule has 0 aromatic carbocycles. The number of hydrogen-bond donors (Lipinski definition) is 0. The van der Waals surface area contributed by atoms with E-state index in [0.29, 0.717) is 15.7 Å². The smallest absolute Gasteiger partial charge is 0.144 e. The monoisotopic (exact) mass is 304 g/mol. The van der Waals surface area contributed by atoms with Crippen molar-refractivity contribution in [3.05, 3.63) is 22.2 Å². The Labute approximate surface area is 119 Å². The van der Waals surface area contributed by atoms with Crippen LogP contribution in [0.15, 0.2) is 0 Å². The van der Waals surface area contributed by atoms with Crippen molar-refractivity contribution in [3.63, 3.8) is 0 Å². The summed E-state index contributed by atoms with van der Waals surface area (Å²) in [5, 5.41) is 1.66. The van der Waals surface area contributed by atoms with Gasteiger partial charge in [-0.25, -0.2) is 9.97 Å². The summed E-state index contributed by atoms with van der Waals surface area (Å²) in [6.45, 7) is 2.26. The lowest BCUT2D eigenvalue weighted by Crippen LogP contribution is -2.19. The van der Waals surface area contributed by atoms with Crippen molar-refractivity contribution in [3.8, 4) is 0 Å². The fourth-order valence-electron chi connectivity index (χ4n) is 2.07. The van der Waals surface area contributed by atoms with Gasteiger partial charge in [0.05, 0.1) is 10.9 Å². The quantitative estimate of drug-likeness (QED) is 0.736. The van der Waals surface area contributed by atoms with Crippen LogP contribution < -0.4 is 0 Å². The zero-order chi connectivity index (χ0) is 11.8. The van der Waals surface area contributed by atoms with Crippen LogP contribution in [0.3, 0.4) is 0 Å². The van der Waals surface area contributed by atoms with E-state index in [1.165, 1.54) is 11.5 Å². The van der Waals surface area contributed by atoms with Crippen molar-refractivity contribution in [2.45, 2.75) is 28.9 Å². The summed E-state index contributed by atoms with van der Waals surface area (Å²) in [6, 6.07) is 0. The van der Waals surface area contributed by atoms with Crippen molar-refractivity contribution in [2.24, 2.45) is 0 Å². The lowest BCUT2D eigenvalue weighted by molar-refractivity contribution is 0.810. The molecule has 0 amide bonds. The van der Waals surface area contributed by atoms with E-state index in [1.807, 2.05) is 35.3 Å². The van der Waals surface area contributed by atoms with E-state index in [-0.39, 0.29) is 0 Å². The van der Waals surface area contributed by atoms with Crippen molar-refractivity contribution >= 4 is 46.9 Å². The first kappa shape index (κ1) is 12.5. The minimum absolute atomic E-state index is 0.405. The van der Waals surface area contributed by atoms with Crippen LogP contribution in [0.5, 0.6) is 0 Å². The Bertz CT molecular complexity index is 441. The van der Waals surface area contributed by atoms with E-state index in [1.54, 1.807) is 0 Å². The second kappa shape index (κ2) is 5.19. The lowest BCUT2D eigenvalue weighted by Gasteiger charge is -2.26. The molecule has 1 aromatic heterocycles. The molecule has 6 heteroatoms. The molecule has 2 atom stereocenters. The summed E-state index contributed by atoms with van der Waals surface area (Å²) in [4.78, 5) is 9.26. The van der Waals surface area contributed by atoms with Crippen LogP contribution in [0, 0.1) is 0 Å². The maximum absolute atomic E-state index is 6.26. The average molecular weight is 305 g/mol. The fraction of sp³-hybridized carbons (Fsp3) is 0.636.